The Morgan fingerprint density at radius 3 is 2.65 bits per heavy atom. The van der Waals surface area contributed by atoms with Crippen molar-refractivity contribution in [3.05, 3.63) is 48.3 Å². The van der Waals surface area contributed by atoms with Crippen molar-refractivity contribution in [3.8, 4) is 5.69 Å². The van der Waals surface area contributed by atoms with Crippen molar-refractivity contribution in [2.45, 2.75) is 32.2 Å². The van der Waals surface area contributed by atoms with Crippen LogP contribution in [0.1, 0.15) is 31.2 Å². The number of hydrogen-bond acceptors (Lipinski definition) is 3. The molecule has 23 heavy (non-hydrogen) atoms. The SMILES string of the molecule is Cl.NCC1(C(=O)NCc2ccccc2-n2cccn2)CCCC1. The number of rotatable bonds is 5. The number of para-hydroxylation sites is 1. The van der Waals surface area contributed by atoms with E-state index in [1.165, 1.54) is 0 Å². The zero-order valence-corrected chi connectivity index (χ0v) is 13.9. The number of nitrogens with one attached hydrogen (secondary N) is 1. The summed E-state index contributed by atoms with van der Waals surface area (Å²) in [6.07, 6.45) is 7.63. The molecule has 0 unspecified atom stereocenters. The Bertz CT molecular complexity index is 636. The Balaban J connectivity index is 0.00000192. The van der Waals surface area contributed by atoms with E-state index < -0.39 is 0 Å². The zero-order chi connectivity index (χ0) is 15.4. The van der Waals surface area contributed by atoms with E-state index in [1.807, 2.05) is 41.2 Å². The first-order valence-corrected chi connectivity index (χ1v) is 7.81. The van der Waals surface area contributed by atoms with Gasteiger partial charge in [-0.3, -0.25) is 4.79 Å². The standard InChI is InChI=1S/C17H22N4O.ClH/c18-13-17(8-3-4-9-17)16(22)19-12-14-6-1-2-7-15(14)21-11-5-10-20-21;/h1-2,5-7,10-11H,3-4,8-9,12-13,18H2,(H,19,22);1H. The summed E-state index contributed by atoms with van der Waals surface area (Å²) in [6.45, 7) is 0.927. The summed E-state index contributed by atoms with van der Waals surface area (Å²) >= 11 is 0. The van der Waals surface area contributed by atoms with E-state index in [4.69, 9.17) is 5.73 Å². The van der Waals surface area contributed by atoms with Crippen molar-refractivity contribution in [1.82, 2.24) is 15.1 Å². The highest BCUT2D eigenvalue weighted by Gasteiger charge is 2.39. The number of benzene rings is 1. The highest BCUT2D eigenvalue weighted by molar-refractivity contribution is 5.85. The molecule has 1 aliphatic rings. The lowest BCUT2D eigenvalue weighted by Crippen LogP contribution is -2.43. The second-order valence-electron chi connectivity index (χ2n) is 5.95. The van der Waals surface area contributed by atoms with Crippen LogP contribution in [0.5, 0.6) is 0 Å². The minimum absolute atomic E-state index is 0. The van der Waals surface area contributed by atoms with Crippen LogP contribution in [0.15, 0.2) is 42.7 Å². The highest BCUT2D eigenvalue weighted by atomic mass is 35.5. The molecule has 3 N–H and O–H groups in total. The molecule has 0 aliphatic heterocycles. The van der Waals surface area contributed by atoms with Crippen LogP contribution >= 0.6 is 12.4 Å². The van der Waals surface area contributed by atoms with E-state index in [0.717, 1.165) is 36.9 Å². The first-order valence-electron chi connectivity index (χ1n) is 7.81. The van der Waals surface area contributed by atoms with Gasteiger partial charge in [0.05, 0.1) is 11.1 Å². The Labute approximate surface area is 142 Å². The minimum Gasteiger partial charge on any atom is -0.351 e. The molecule has 1 aliphatic carbocycles. The predicted molar refractivity (Wildman–Crippen MR) is 92.6 cm³/mol. The Morgan fingerprint density at radius 1 is 1.26 bits per heavy atom. The number of carbonyl (C=O) groups is 1. The number of halogens is 1. The van der Waals surface area contributed by atoms with Gasteiger partial charge in [0.25, 0.3) is 0 Å². The van der Waals surface area contributed by atoms with Gasteiger partial charge in [0.15, 0.2) is 0 Å². The molecule has 2 aromatic rings. The van der Waals surface area contributed by atoms with Crippen molar-refractivity contribution in [1.29, 1.82) is 0 Å². The molecular weight excluding hydrogens is 312 g/mol. The Kier molecular flexibility index (Phi) is 5.80. The van der Waals surface area contributed by atoms with Gasteiger partial charge in [0.2, 0.25) is 5.91 Å². The molecule has 0 spiro atoms. The summed E-state index contributed by atoms with van der Waals surface area (Å²) in [7, 11) is 0. The number of amides is 1. The van der Waals surface area contributed by atoms with Gasteiger partial charge in [0, 0.05) is 25.5 Å². The molecule has 0 radical (unpaired) electrons. The number of aromatic nitrogens is 2. The monoisotopic (exact) mass is 334 g/mol. The molecule has 1 amide bonds. The maximum atomic E-state index is 12.6. The summed E-state index contributed by atoms with van der Waals surface area (Å²) < 4.78 is 1.82. The smallest absolute Gasteiger partial charge is 0.227 e. The molecular formula is C17H23ClN4O. The number of hydrogen-bond donors (Lipinski definition) is 2. The topological polar surface area (TPSA) is 72.9 Å². The van der Waals surface area contributed by atoms with Crippen LogP contribution in [0, 0.1) is 5.41 Å². The molecule has 1 saturated carbocycles. The average molecular weight is 335 g/mol. The lowest BCUT2D eigenvalue weighted by atomic mass is 9.85. The van der Waals surface area contributed by atoms with E-state index in [2.05, 4.69) is 10.4 Å². The predicted octanol–water partition coefficient (Wildman–Crippen LogP) is 2.43. The largest absolute Gasteiger partial charge is 0.351 e. The lowest BCUT2D eigenvalue weighted by molar-refractivity contribution is -0.130. The average Bonchev–Trinajstić information content (AvgIpc) is 3.24. The molecule has 1 aromatic heterocycles. The van der Waals surface area contributed by atoms with E-state index in [0.29, 0.717) is 13.1 Å². The van der Waals surface area contributed by atoms with E-state index in [9.17, 15) is 4.79 Å². The fourth-order valence-electron chi connectivity index (χ4n) is 3.23. The molecule has 5 nitrogen and oxygen atoms in total. The summed E-state index contributed by atoms with van der Waals surface area (Å²) in [4.78, 5) is 12.6. The van der Waals surface area contributed by atoms with Gasteiger partial charge in [-0.15, -0.1) is 12.4 Å². The van der Waals surface area contributed by atoms with Crippen molar-refractivity contribution < 1.29 is 4.79 Å². The van der Waals surface area contributed by atoms with E-state index in [1.54, 1.807) is 6.20 Å². The fraction of sp³-hybridized carbons (Fsp3) is 0.412. The number of nitrogens with two attached hydrogens (primary N) is 1. The van der Waals surface area contributed by atoms with Crippen LogP contribution in [-0.2, 0) is 11.3 Å². The van der Waals surface area contributed by atoms with Crippen molar-refractivity contribution >= 4 is 18.3 Å². The van der Waals surface area contributed by atoms with Crippen molar-refractivity contribution in [2.24, 2.45) is 11.1 Å². The molecule has 0 bridgehead atoms. The van der Waals surface area contributed by atoms with Gasteiger partial charge < -0.3 is 11.1 Å². The molecule has 1 aromatic carbocycles. The second-order valence-corrected chi connectivity index (χ2v) is 5.95. The maximum Gasteiger partial charge on any atom is 0.227 e. The molecule has 0 saturated heterocycles. The minimum atomic E-state index is -0.360. The van der Waals surface area contributed by atoms with Crippen LogP contribution in [0.25, 0.3) is 5.69 Å². The van der Waals surface area contributed by atoms with E-state index >= 15 is 0 Å². The van der Waals surface area contributed by atoms with Gasteiger partial charge in [-0.25, -0.2) is 4.68 Å². The lowest BCUT2D eigenvalue weighted by Gasteiger charge is -2.26. The molecule has 6 heteroatoms. The molecule has 3 rings (SSSR count). The summed E-state index contributed by atoms with van der Waals surface area (Å²) in [6, 6.07) is 9.85. The Morgan fingerprint density at radius 2 is 2.00 bits per heavy atom. The normalized spacial score (nSPS) is 15.9. The van der Waals surface area contributed by atoms with Crippen LogP contribution in [0.2, 0.25) is 0 Å². The summed E-state index contributed by atoms with van der Waals surface area (Å²) in [5, 5.41) is 7.34. The Hall–Kier alpha value is -1.85. The van der Waals surface area contributed by atoms with E-state index in [-0.39, 0.29) is 23.7 Å². The van der Waals surface area contributed by atoms with Gasteiger partial charge >= 0.3 is 0 Å². The number of carbonyl (C=O) groups excluding carboxylic acids is 1. The first kappa shape index (κ1) is 17.5. The third-order valence-corrected chi connectivity index (χ3v) is 4.62. The summed E-state index contributed by atoms with van der Waals surface area (Å²) in [5.74, 6) is 0.0859. The fourth-order valence-corrected chi connectivity index (χ4v) is 3.23. The van der Waals surface area contributed by atoms with Gasteiger partial charge in [0.1, 0.15) is 0 Å². The van der Waals surface area contributed by atoms with Crippen molar-refractivity contribution in [2.75, 3.05) is 6.54 Å². The number of nitrogens with zero attached hydrogens (tertiary/aromatic N) is 2. The van der Waals surface area contributed by atoms with Gasteiger partial charge in [-0.2, -0.15) is 5.10 Å². The zero-order valence-electron chi connectivity index (χ0n) is 13.1. The summed E-state index contributed by atoms with van der Waals surface area (Å²) in [5.41, 5.74) is 7.54. The van der Waals surface area contributed by atoms with Crippen molar-refractivity contribution in [3.63, 3.8) is 0 Å². The van der Waals surface area contributed by atoms with Crippen LogP contribution < -0.4 is 11.1 Å². The third kappa shape index (κ3) is 3.57. The third-order valence-electron chi connectivity index (χ3n) is 4.62. The maximum absolute atomic E-state index is 12.6. The molecule has 124 valence electrons. The van der Waals surface area contributed by atoms with Crippen LogP contribution in [0.4, 0.5) is 0 Å². The highest BCUT2D eigenvalue weighted by Crippen LogP contribution is 2.37. The van der Waals surface area contributed by atoms with Crippen LogP contribution in [0.3, 0.4) is 0 Å². The van der Waals surface area contributed by atoms with Crippen LogP contribution in [-0.4, -0.2) is 22.2 Å². The quantitative estimate of drug-likeness (QED) is 0.882. The first-order chi connectivity index (χ1) is 10.7. The van der Waals surface area contributed by atoms with Gasteiger partial charge in [-0.1, -0.05) is 31.0 Å². The molecule has 1 heterocycles. The molecule has 1 fully saturated rings. The second kappa shape index (κ2) is 7.62. The molecule has 0 atom stereocenters. The van der Waals surface area contributed by atoms with Gasteiger partial charge in [-0.05, 0) is 30.5 Å².